The fourth-order valence-corrected chi connectivity index (χ4v) is 6.11. The molecule has 0 saturated carbocycles. The van der Waals surface area contributed by atoms with Gasteiger partial charge in [0.25, 0.3) is 0 Å². The molecular weight excluding hydrogens is 652 g/mol. The third-order valence-corrected chi connectivity index (χ3v) is 8.52. The highest BCUT2D eigenvalue weighted by molar-refractivity contribution is 6.02. The van der Waals surface area contributed by atoms with Crippen LogP contribution in [0, 0.1) is 30.2 Å². The Bertz CT molecular complexity index is 2560. The van der Waals surface area contributed by atoms with Crippen molar-refractivity contribution in [2.45, 2.75) is 6.92 Å². The molecule has 0 radical (unpaired) electrons. The van der Waals surface area contributed by atoms with Crippen LogP contribution in [0.4, 0.5) is 17.6 Å². The van der Waals surface area contributed by atoms with Crippen molar-refractivity contribution in [1.29, 1.82) is 0 Å². The van der Waals surface area contributed by atoms with Crippen molar-refractivity contribution in [2.75, 3.05) is 7.11 Å². The number of halogens is 4. The Morgan fingerprint density at radius 1 is 0.451 bits per heavy atom. The van der Waals surface area contributed by atoms with Gasteiger partial charge in [-0.1, -0.05) is 36.4 Å². The Labute approximate surface area is 290 Å². The zero-order chi connectivity index (χ0) is 35.5. The molecule has 0 aliphatic carbocycles. The van der Waals surface area contributed by atoms with Crippen LogP contribution in [0.5, 0.6) is 5.75 Å². The average molecular weight is 681 g/mol. The number of hydrogen-bond acceptors (Lipinski definition) is 5. The van der Waals surface area contributed by atoms with Crippen molar-refractivity contribution in [1.82, 2.24) is 19.9 Å². The van der Waals surface area contributed by atoms with Crippen LogP contribution in [-0.2, 0) is 0 Å². The fourth-order valence-electron chi connectivity index (χ4n) is 6.11. The summed E-state index contributed by atoms with van der Waals surface area (Å²) in [6.07, 6.45) is 6.57. The molecule has 0 atom stereocenters. The van der Waals surface area contributed by atoms with Crippen molar-refractivity contribution in [3.05, 3.63) is 163 Å². The van der Waals surface area contributed by atoms with E-state index in [1.807, 2.05) is 61.5 Å². The molecule has 9 heteroatoms. The van der Waals surface area contributed by atoms with Crippen molar-refractivity contribution < 1.29 is 22.3 Å². The third kappa shape index (κ3) is 6.49. The monoisotopic (exact) mass is 680 g/mol. The van der Waals surface area contributed by atoms with E-state index in [0.717, 1.165) is 45.3 Å². The molecule has 8 aromatic rings. The molecule has 0 aliphatic heterocycles. The second-order valence-corrected chi connectivity index (χ2v) is 11.6. The topological polar surface area (TPSA) is 60.8 Å². The SMILES string of the molecule is COc1ccccc1-c1nccc2c(-c3ccc(F)cc3F)ccnc12.Cc1ccccc1-c1nccc2c(-c3ccc(F)cc3F)ccnc12. The number of pyridine rings is 4. The first-order valence-electron chi connectivity index (χ1n) is 15.9. The summed E-state index contributed by atoms with van der Waals surface area (Å²) in [4.78, 5) is 17.9. The van der Waals surface area contributed by atoms with Crippen molar-refractivity contribution >= 4 is 21.8 Å². The van der Waals surface area contributed by atoms with Crippen molar-refractivity contribution in [3.63, 3.8) is 0 Å². The van der Waals surface area contributed by atoms with Crippen LogP contribution >= 0.6 is 0 Å². The molecule has 0 amide bonds. The lowest BCUT2D eigenvalue weighted by Crippen LogP contribution is -1.94. The standard InChI is InChI=1S/C21H14F2N2O.C21H14F2N2/c1-26-19-5-3-2-4-17(19)21-20-16(9-11-25-21)14(8-10-24-20)15-7-6-13(22)12-18(15)23;1-13-4-2-3-5-15(13)20-21-18(9-11-24-20)16(8-10-25-21)17-7-6-14(22)12-19(17)23/h2-12H,1H3;2-12H,1H3. The quantitative estimate of drug-likeness (QED) is 0.169. The van der Waals surface area contributed by atoms with Crippen LogP contribution in [0.25, 0.3) is 66.6 Å². The van der Waals surface area contributed by atoms with E-state index >= 15 is 0 Å². The maximum absolute atomic E-state index is 14.3. The average Bonchev–Trinajstić information content (AvgIpc) is 3.15. The first kappa shape index (κ1) is 33.0. The van der Waals surface area contributed by atoms with Crippen LogP contribution in [0.2, 0.25) is 0 Å². The van der Waals surface area contributed by atoms with E-state index in [9.17, 15) is 17.6 Å². The van der Waals surface area contributed by atoms with E-state index in [-0.39, 0.29) is 0 Å². The molecule has 0 saturated heterocycles. The van der Waals surface area contributed by atoms with E-state index in [0.29, 0.717) is 44.7 Å². The summed E-state index contributed by atoms with van der Waals surface area (Å²) in [6, 6.07) is 29.6. The lowest BCUT2D eigenvalue weighted by atomic mass is 9.98. The van der Waals surface area contributed by atoms with E-state index in [2.05, 4.69) is 19.9 Å². The van der Waals surface area contributed by atoms with Crippen LogP contribution < -0.4 is 4.74 Å². The van der Waals surface area contributed by atoms with Gasteiger partial charge in [-0.2, -0.15) is 0 Å². The number of nitrogens with zero attached hydrogens (tertiary/aromatic N) is 4. The number of hydrogen-bond donors (Lipinski definition) is 0. The Kier molecular flexibility index (Phi) is 9.18. The number of fused-ring (bicyclic) bond motifs is 2. The van der Waals surface area contributed by atoms with Gasteiger partial charge in [0.1, 0.15) is 34.7 Å². The van der Waals surface area contributed by atoms with Gasteiger partial charge in [0.15, 0.2) is 0 Å². The van der Waals surface area contributed by atoms with Crippen LogP contribution in [0.15, 0.2) is 134 Å². The second-order valence-electron chi connectivity index (χ2n) is 11.6. The first-order valence-corrected chi connectivity index (χ1v) is 15.9. The number of methoxy groups -OCH3 is 1. The highest BCUT2D eigenvalue weighted by Crippen LogP contribution is 2.37. The van der Waals surface area contributed by atoms with E-state index in [4.69, 9.17) is 4.74 Å². The molecule has 51 heavy (non-hydrogen) atoms. The van der Waals surface area contributed by atoms with Crippen LogP contribution in [-0.4, -0.2) is 27.0 Å². The zero-order valence-electron chi connectivity index (χ0n) is 27.4. The molecular formula is C42H28F4N4O. The largest absolute Gasteiger partial charge is 0.496 e. The Morgan fingerprint density at radius 2 is 0.922 bits per heavy atom. The summed E-state index contributed by atoms with van der Waals surface area (Å²) >= 11 is 0. The summed E-state index contributed by atoms with van der Waals surface area (Å²) in [5.74, 6) is -1.74. The maximum Gasteiger partial charge on any atom is 0.133 e. The molecule has 0 aliphatic rings. The summed E-state index contributed by atoms with van der Waals surface area (Å²) in [5.41, 5.74) is 7.53. The Morgan fingerprint density at radius 3 is 1.43 bits per heavy atom. The van der Waals surface area contributed by atoms with E-state index in [1.165, 1.54) is 24.3 Å². The molecule has 8 rings (SSSR count). The summed E-state index contributed by atoms with van der Waals surface area (Å²) < 4.78 is 60.5. The molecule has 0 fully saturated rings. The molecule has 4 aromatic heterocycles. The smallest absolute Gasteiger partial charge is 0.133 e. The molecule has 0 N–H and O–H groups in total. The molecule has 250 valence electrons. The normalized spacial score (nSPS) is 10.9. The number of para-hydroxylation sites is 1. The van der Waals surface area contributed by atoms with Gasteiger partial charge in [-0.3, -0.25) is 19.9 Å². The molecule has 0 spiro atoms. The summed E-state index contributed by atoms with van der Waals surface area (Å²) in [7, 11) is 1.59. The number of benzene rings is 4. The predicted molar refractivity (Wildman–Crippen MR) is 192 cm³/mol. The lowest BCUT2D eigenvalue weighted by molar-refractivity contribution is 0.416. The van der Waals surface area contributed by atoms with Crippen molar-refractivity contribution in [3.8, 4) is 50.5 Å². The minimum atomic E-state index is -0.617. The van der Waals surface area contributed by atoms with E-state index in [1.54, 1.807) is 50.1 Å². The van der Waals surface area contributed by atoms with Gasteiger partial charge in [0.2, 0.25) is 0 Å². The number of aromatic nitrogens is 4. The molecule has 5 nitrogen and oxygen atoms in total. The lowest BCUT2D eigenvalue weighted by Gasteiger charge is -2.12. The number of rotatable bonds is 5. The highest BCUT2D eigenvalue weighted by Gasteiger charge is 2.17. The van der Waals surface area contributed by atoms with Crippen molar-refractivity contribution in [2.24, 2.45) is 0 Å². The molecule has 0 bridgehead atoms. The Hall–Kier alpha value is -6.48. The summed E-state index contributed by atoms with van der Waals surface area (Å²) in [6.45, 7) is 2.01. The van der Waals surface area contributed by atoms with Gasteiger partial charge in [0.05, 0.1) is 23.8 Å². The van der Waals surface area contributed by atoms with Gasteiger partial charge in [-0.25, -0.2) is 17.6 Å². The van der Waals surface area contributed by atoms with Gasteiger partial charge in [0, 0.05) is 69.9 Å². The Balaban J connectivity index is 0.000000159. The van der Waals surface area contributed by atoms with Crippen LogP contribution in [0.1, 0.15) is 5.56 Å². The zero-order valence-corrected chi connectivity index (χ0v) is 27.4. The third-order valence-electron chi connectivity index (χ3n) is 8.52. The molecule has 4 aromatic carbocycles. The molecule has 0 unspecified atom stereocenters. The molecule has 4 heterocycles. The maximum atomic E-state index is 14.3. The first-order chi connectivity index (χ1) is 24.8. The second kappa shape index (κ2) is 14.2. The van der Waals surface area contributed by atoms with Gasteiger partial charge in [-0.05, 0) is 84.3 Å². The number of aryl methyl sites for hydroxylation is 1. The highest BCUT2D eigenvalue weighted by atomic mass is 19.1. The summed E-state index contributed by atoms with van der Waals surface area (Å²) in [5, 5.41) is 1.51. The van der Waals surface area contributed by atoms with Crippen LogP contribution in [0.3, 0.4) is 0 Å². The van der Waals surface area contributed by atoms with Gasteiger partial charge >= 0.3 is 0 Å². The van der Waals surface area contributed by atoms with Gasteiger partial charge < -0.3 is 4.74 Å². The minimum Gasteiger partial charge on any atom is -0.496 e. The van der Waals surface area contributed by atoms with E-state index < -0.39 is 23.3 Å². The van der Waals surface area contributed by atoms with Gasteiger partial charge in [-0.15, -0.1) is 0 Å². The number of ether oxygens (including phenoxy) is 1. The predicted octanol–water partition coefficient (Wildman–Crippen LogP) is 10.8. The minimum absolute atomic E-state index is 0.316. The fraction of sp³-hybridized carbons (Fsp3) is 0.0476.